The van der Waals surface area contributed by atoms with Crippen molar-refractivity contribution in [1.29, 1.82) is 0 Å². The summed E-state index contributed by atoms with van der Waals surface area (Å²) in [5.74, 6) is 0. The number of benzene rings is 1. The van der Waals surface area contributed by atoms with Crippen LogP contribution in [0.2, 0.25) is 5.02 Å². The predicted molar refractivity (Wildman–Crippen MR) is 50.6 cm³/mol. The normalized spacial score (nSPS) is 9.83. The van der Waals surface area contributed by atoms with E-state index in [1.165, 1.54) is 0 Å². The summed E-state index contributed by atoms with van der Waals surface area (Å²) < 4.78 is 0. The molecule has 0 unspecified atom stereocenters. The molecule has 0 N–H and O–H groups in total. The molecule has 1 aromatic carbocycles. The molecule has 0 radical (unpaired) electrons. The zero-order chi connectivity index (χ0) is 8.97. The standard InChI is InChI=1S/C10H11ClO/c1-2-9-4-3-8(5-6-12)7-10(9)11/h3-4,6-7H,2,5H2,1H3. The van der Waals surface area contributed by atoms with Crippen LogP contribution in [0.4, 0.5) is 0 Å². The van der Waals surface area contributed by atoms with Crippen LogP contribution in [0, 0.1) is 0 Å². The summed E-state index contributed by atoms with van der Waals surface area (Å²) in [6.45, 7) is 2.06. The summed E-state index contributed by atoms with van der Waals surface area (Å²) in [5.41, 5.74) is 2.11. The van der Waals surface area contributed by atoms with Gasteiger partial charge < -0.3 is 4.79 Å². The third-order valence-corrected chi connectivity index (χ3v) is 2.17. The molecule has 0 amide bonds. The van der Waals surface area contributed by atoms with Gasteiger partial charge in [0.25, 0.3) is 0 Å². The van der Waals surface area contributed by atoms with Crippen molar-refractivity contribution in [1.82, 2.24) is 0 Å². The van der Waals surface area contributed by atoms with E-state index in [9.17, 15) is 4.79 Å². The molecule has 0 atom stereocenters. The highest BCUT2D eigenvalue weighted by Gasteiger charge is 1.98. The second-order valence-corrected chi connectivity index (χ2v) is 3.06. The minimum absolute atomic E-state index is 0.448. The van der Waals surface area contributed by atoms with E-state index in [0.29, 0.717) is 6.42 Å². The summed E-state index contributed by atoms with van der Waals surface area (Å²) in [6, 6.07) is 5.77. The van der Waals surface area contributed by atoms with Crippen molar-refractivity contribution >= 4 is 17.9 Å². The molecule has 0 aliphatic rings. The van der Waals surface area contributed by atoms with Crippen LogP contribution in [-0.2, 0) is 17.6 Å². The fourth-order valence-corrected chi connectivity index (χ4v) is 1.44. The molecule has 64 valence electrons. The second kappa shape index (κ2) is 4.27. The Bertz CT molecular complexity index is 281. The predicted octanol–water partition coefficient (Wildman–Crippen LogP) is 2.64. The SMILES string of the molecule is CCc1ccc(CC=O)cc1Cl. The molecule has 0 aromatic heterocycles. The van der Waals surface area contributed by atoms with Crippen molar-refractivity contribution in [2.24, 2.45) is 0 Å². The van der Waals surface area contributed by atoms with E-state index >= 15 is 0 Å². The fourth-order valence-electron chi connectivity index (χ4n) is 1.10. The minimum atomic E-state index is 0.448. The summed E-state index contributed by atoms with van der Waals surface area (Å²) in [4.78, 5) is 10.2. The van der Waals surface area contributed by atoms with Crippen LogP contribution >= 0.6 is 11.6 Å². The molecule has 0 saturated heterocycles. The van der Waals surface area contributed by atoms with Crippen LogP contribution in [0.25, 0.3) is 0 Å². The Balaban J connectivity index is 2.93. The number of halogens is 1. The van der Waals surface area contributed by atoms with Crippen molar-refractivity contribution in [3.8, 4) is 0 Å². The third kappa shape index (κ3) is 2.08. The molecule has 1 nitrogen and oxygen atoms in total. The Labute approximate surface area is 77.4 Å². The van der Waals surface area contributed by atoms with E-state index in [4.69, 9.17) is 11.6 Å². The maximum atomic E-state index is 10.2. The van der Waals surface area contributed by atoms with Gasteiger partial charge in [-0.1, -0.05) is 30.7 Å². The quantitative estimate of drug-likeness (QED) is 0.657. The molecule has 0 aliphatic heterocycles. The monoisotopic (exact) mass is 182 g/mol. The van der Waals surface area contributed by atoms with E-state index in [1.807, 2.05) is 18.2 Å². The second-order valence-electron chi connectivity index (χ2n) is 2.65. The van der Waals surface area contributed by atoms with Crippen molar-refractivity contribution in [2.75, 3.05) is 0 Å². The Morgan fingerprint density at radius 2 is 2.25 bits per heavy atom. The molecular formula is C10H11ClO. The molecule has 1 rings (SSSR count). The van der Waals surface area contributed by atoms with Gasteiger partial charge in [-0.2, -0.15) is 0 Å². The van der Waals surface area contributed by atoms with Crippen LogP contribution in [0.5, 0.6) is 0 Å². The molecule has 0 aliphatic carbocycles. The van der Waals surface area contributed by atoms with Crippen molar-refractivity contribution in [3.63, 3.8) is 0 Å². The van der Waals surface area contributed by atoms with Gasteiger partial charge >= 0.3 is 0 Å². The van der Waals surface area contributed by atoms with E-state index in [1.54, 1.807) is 0 Å². The Morgan fingerprint density at radius 3 is 2.75 bits per heavy atom. The first-order valence-corrected chi connectivity index (χ1v) is 4.36. The van der Waals surface area contributed by atoms with Gasteiger partial charge in [-0.25, -0.2) is 0 Å². The first-order chi connectivity index (χ1) is 5.77. The average Bonchev–Trinajstić information content (AvgIpc) is 2.05. The molecule has 0 bridgehead atoms. The smallest absolute Gasteiger partial charge is 0.124 e. The van der Waals surface area contributed by atoms with Crippen LogP contribution in [-0.4, -0.2) is 6.29 Å². The van der Waals surface area contributed by atoms with Crippen molar-refractivity contribution in [2.45, 2.75) is 19.8 Å². The van der Waals surface area contributed by atoms with Gasteiger partial charge in [0.05, 0.1) is 0 Å². The number of hydrogen-bond donors (Lipinski definition) is 0. The summed E-state index contributed by atoms with van der Waals surface area (Å²) in [5, 5.41) is 0.761. The zero-order valence-corrected chi connectivity index (χ0v) is 7.77. The molecule has 0 heterocycles. The maximum Gasteiger partial charge on any atom is 0.124 e. The molecular weight excluding hydrogens is 172 g/mol. The minimum Gasteiger partial charge on any atom is -0.303 e. The molecule has 2 heteroatoms. The Kier molecular flexibility index (Phi) is 3.30. The van der Waals surface area contributed by atoms with E-state index in [0.717, 1.165) is 28.9 Å². The van der Waals surface area contributed by atoms with Gasteiger partial charge in [-0.05, 0) is 23.6 Å². The van der Waals surface area contributed by atoms with Crippen molar-refractivity contribution in [3.05, 3.63) is 34.3 Å². The number of hydrogen-bond acceptors (Lipinski definition) is 1. The highest BCUT2D eigenvalue weighted by Crippen LogP contribution is 2.18. The number of carbonyl (C=O) groups is 1. The number of aryl methyl sites for hydroxylation is 1. The lowest BCUT2D eigenvalue weighted by molar-refractivity contribution is -0.107. The van der Waals surface area contributed by atoms with Crippen LogP contribution in [0.3, 0.4) is 0 Å². The topological polar surface area (TPSA) is 17.1 Å². The number of aldehydes is 1. The van der Waals surface area contributed by atoms with Crippen LogP contribution < -0.4 is 0 Å². The first-order valence-electron chi connectivity index (χ1n) is 3.99. The highest BCUT2D eigenvalue weighted by molar-refractivity contribution is 6.31. The van der Waals surface area contributed by atoms with Gasteiger partial charge in [-0.15, -0.1) is 0 Å². The first kappa shape index (κ1) is 9.27. The largest absolute Gasteiger partial charge is 0.303 e. The summed E-state index contributed by atoms with van der Waals surface area (Å²) in [7, 11) is 0. The van der Waals surface area contributed by atoms with Gasteiger partial charge in [0.2, 0.25) is 0 Å². The lowest BCUT2D eigenvalue weighted by Gasteiger charge is -2.01. The maximum absolute atomic E-state index is 10.2. The van der Waals surface area contributed by atoms with E-state index in [2.05, 4.69) is 6.92 Å². The molecule has 0 spiro atoms. The van der Waals surface area contributed by atoms with E-state index < -0.39 is 0 Å². The molecule has 12 heavy (non-hydrogen) atoms. The van der Waals surface area contributed by atoms with Gasteiger partial charge in [0.1, 0.15) is 6.29 Å². The molecule has 0 fully saturated rings. The van der Waals surface area contributed by atoms with Gasteiger partial charge in [0, 0.05) is 11.4 Å². The molecule has 0 saturated carbocycles. The zero-order valence-electron chi connectivity index (χ0n) is 7.01. The van der Waals surface area contributed by atoms with Crippen LogP contribution in [0.1, 0.15) is 18.1 Å². The number of rotatable bonds is 3. The fraction of sp³-hybridized carbons (Fsp3) is 0.300. The highest BCUT2D eigenvalue weighted by atomic mass is 35.5. The lowest BCUT2D eigenvalue weighted by Crippen LogP contribution is -1.88. The van der Waals surface area contributed by atoms with Gasteiger partial charge in [0.15, 0.2) is 0 Å². The molecule has 1 aromatic rings. The average molecular weight is 183 g/mol. The summed E-state index contributed by atoms with van der Waals surface area (Å²) in [6.07, 6.45) is 2.27. The number of carbonyl (C=O) groups excluding carboxylic acids is 1. The van der Waals surface area contributed by atoms with E-state index in [-0.39, 0.29) is 0 Å². The lowest BCUT2D eigenvalue weighted by atomic mass is 10.1. The van der Waals surface area contributed by atoms with Gasteiger partial charge in [-0.3, -0.25) is 0 Å². The third-order valence-electron chi connectivity index (χ3n) is 1.82. The Morgan fingerprint density at radius 1 is 1.50 bits per heavy atom. The van der Waals surface area contributed by atoms with Crippen LogP contribution in [0.15, 0.2) is 18.2 Å². The van der Waals surface area contributed by atoms with Crippen molar-refractivity contribution < 1.29 is 4.79 Å². The summed E-state index contributed by atoms with van der Waals surface area (Å²) >= 11 is 5.95. The Hall–Kier alpha value is -0.820.